The average Bonchev–Trinajstić information content (AvgIpc) is 3.00. The van der Waals surface area contributed by atoms with Crippen LogP contribution in [0.2, 0.25) is 0 Å². The van der Waals surface area contributed by atoms with Gasteiger partial charge in [-0.2, -0.15) is 0 Å². The lowest BCUT2D eigenvalue weighted by molar-refractivity contribution is -0.170. The molecule has 154 valence electrons. The third-order valence-electron chi connectivity index (χ3n) is 10.8. The van der Waals surface area contributed by atoms with Gasteiger partial charge in [0.15, 0.2) is 0 Å². The van der Waals surface area contributed by atoms with Crippen molar-refractivity contribution in [2.24, 2.45) is 58.2 Å². The molecule has 1 nitrogen and oxygen atoms in total. The molecular formula is C26H44O. The van der Waals surface area contributed by atoms with Crippen LogP contribution in [0.4, 0.5) is 0 Å². The molecule has 27 heavy (non-hydrogen) atoms. The molecule has 4 rings (SSSR count). The molecule has 0 saturated heterocycles. The Kier molecular flexibility index (Phi) is 5.08. The lowest BCUT2D eigenvalue weighted by Crippen LogP contribution is -2.60. The van der Waals surface area contributed by atoms with Gasteiger partial charge < -0.3 is 0 Å². The molecule has 1 heteroatoms. The molecule has 0 aromatic rings. The maximum absolute atomic E-state index is 13.9. The molecule has 4 aliphatic carbocycles. The number of hydrogen-bond donors (Lipinski definition) is 0. The highest BCUT2D eigenvalue weighted by molar-refractivity contribution is 5.86. The van der Waals surface area contributed by atoms with Gasteiger partial charge in [-0.05, 0) is 91.3 Å². The van der Waals surface area contributed by atoms with Gasteiger partial charge in [0.1, 0.15) is 5.78 Å². The number of hydrogen-bond acceptors (Lipinski definition) is 1. The average molecular weight is 373 g/mol. The normalized spacial score (nSPS) is 53.4. The standard InChI is InChI=1S/C26H44O/c1-7-17(4)19-9-10-20-23-21(12-14-25(19,20)5)26(6)13-11-16(3)15-22(26)18(8-2)24(23)27/h16-23H,7-15H2,1-6H3/t16-,17-,18-,19-,20?,21?,22+,23+,25-,26-/m1/s1. The first-order valence-electron chi connectivity index (χ1n) is 12.3. The van der Waals surface area contributed by atoms with Crippen LogP contribution >= 0.6 is 0 Å². The molecule has 0 aliphatic heterocycles. The maximum Gasteiger partial charge on any atom is 0.139 e. The molecule has 0 N–H and O–H groups in total. The molecule has 0 spiro atoms. The molecule has 10 atom stereocenters. The first-order chi connectivity index (χ1) is 12.8. The Labute approximate surface area is 168 Å². The Morgan fingerprint density at radius 3 is 2.30 bits per heavy atom. The second kappa shape index (κ2) is 6.88. The van der Waals surface area contributed by atoms with E-state index >= 15 is 0 Å². The Morgan fingerprint density at radius 2 is 1.63 bits per heavy atom. The number of ketones is 1. The highest BCUT2D eigenvalue weighted by Gasteiger charge is 2.64. The summed E-state index contributed by atoms with van der Waals surface area (Å²) >= 11 is 0. The van der Waals surface area contributed by atoms with Crippen molar-refractivity contribution in [3.05, 3.63) is 0 Å². The predicted octanol–water partition coefficient (Wildman–Crippen LogP) is 7.14. The summed E-state index contributed by atoms with van der Waals surface area (Å²) in [7, 11) is 0. The van der Waals surface area contributed by atoms with Gasteiger partial charge in [0.2, 0.25) is 0 Å². The van der Waals surface area contributed by atoms with E-state index < -0.39 is 0 Å². The number of carbonyl (C=O) groups excluding carboxylic acids is 1. The SMILES string of the molecule is CC[C@@H](C)[C@H]1CCC2[C@@H]3C(=O)[C@H](CC)[C@@H]4C[C@H](C)CC[C@]4(C)C3CC[C@@]21C. The molecule has 0 bridgehead atoms. The van der Waals surface area contributed by atoms with E-state index in [9.17, 15) is 4.79 Å². The highest BCUT2D eigenvalue weighted by atomic mass is 16.1. The van der Waals surface area contributed by atoms with Crippen LogP contribution in [0, 0.1) is 58.2 Å². The largest absolute Gasteiger partial charge is 0.299 e. The number of Topliss-reactive ketones (excluding diaryl/α,β-unsaturated/α-hetero) is 1. The molecule has 0 radical (unpaired) electrons. The third kappa shape index (κ3) is 2.72. The summed E-state index contributed by atoms with van der Waals surface area (Å²) in [6.07, 6.45) is 11.9. The Bertz CT molecular complexity index is 581. The summed E-state index contributed by atoms with van der Waals surface area (Å²) in [5.41, 5.74) is 0.858. The van der Waals surface area contributed by atoms with Crippen molar-refractivity contribution in [1.82, 2.24) is 0 Å². The van der Waals surface area contributed by atoms with Crippen LogP contribution in [0.5, 0.6) is 0 Å². The summed E-state index contributed by atoms with van der Waals surface area (Å²) in [4.78, 5) is 13.9. The van der Waals surface area contributed by atoms with Crippen molar-refractivity contribution in [3.8, 4) is 0 Å². The zero-order chi connectivity index (χ0) is 19.6. The van der Waals surface area contributed by atoms with E-state index in [2.05, 4.69) is 41.5 Å². The smallest absolute Gasteiger partial charge is 0.139 e. The van der Waals surface area contributed by atoms with Gasteiger partial charge in [0.25, 0.3) is 0 Å². The predicted molar refractivity (Wildman–Crippen MR) is 113 cm³/mol. The monoisotopic (exact) mass is 372 g/mol. The van der Waals surface area contributed by atoms with Crippen molar-refractivity contribution in [1.29, 1.82) is 0 Å². The lowest BCUT2D eigenvalue weighted by atomic mass is 9.41. The second-order valence-corrected chi connectivity index (χ2v) is 11.8. The molecule has 0 aromatic carbocycles. The highest BCUT2D eigenvalue weighted by Crippen LogP contribution is 2.68. The van der Waals surface area contributed by atoms with Crippen LogP contribution in [0.15, 0.2) is 0 Å². The molecular weight excluding hydrogens is 328 g/mol. The fourth-order valence-electron chi connectivity index (χ4n) is 9.11. The quantitative estimate of drug-likeness (QED) is 0.514. The van der Waals surface area contributed by atoms with Crippen LogP contribution in [0.3, 0.4) is 0 Å². The van der Waals surface area contributed by atoms with Crippen molar-refractivity contribution in [2.45, 2.75) is 99.3 Å². The minimum Gasteiger partial charge on any atom is -0.299 e. The summed E-state index contributed by atoms with van der Waals surface area (Å²) in [6.45, 7) is 14.8. The Hall–Kier alpha value is -0.330. The van der Waals surface area contributed by atoms with Crippen molar-refractivity contribution < 1.29 is 4.79 Å². The summed E-state index contributed by atoms with van der Waals surface area (Å²) in [6, 6.07) is 0. The van der Waals surface area contributed by atoms with Crippen LogP contribution in [0.25, 0.3) is 0 Å². The first-order valence-corrected chi connectivity index (χ1v) is 12.3. The number of carbonyl (C=O) groups is 1. The van der Waals surface area contributed by atoms with Gasteiger partial charge in [-0.25, -0.2) is 0 Å². The number of fused-ring (bicyclic) bond motifs is 5. The van der Waals surface area contributed by atoms with Gasteiger partial charge >= 0.3 is 0 Å². The van der Waals surface area contributed by atoms with Gasteiger partial charge in [-0.3, -0.25) is 4.79 Å². The van der Waals surface area contributed by atoms with Crippen LogP contribution < -0.4 is 0 Å². The van der Waals surface area contributed by atoms with E-state index in [1.807, 2.05) is 0 Å². The van der Waals surface area contributed by atoms with E-state index in [4.69, 9.17) is 0 Å². The molecule has 4 saturated carbocycles. The zero-order valence-corrected chi connectivity index (χ0v) is 18.9. The fourth-order valence-corrected chi connectivity index (χ4v) is 9.11. The molecule has 0 aromatic heterocycles. The van der Waals surface area contributed by atoms with E-state index in [1.54, 1.807) is 0 Å². The van der Waals surface area contributed by atoms with E-state index in [1.165, 1.54) is 51.4 Å². The van der Waals surface area contributed by atoms with Crippen molar-refractivity contribution in [3.63, 3.8) is 0 Å². The zero-order valence-electron chi connectivity index (χ0n) is 18.9. The van der Waals surface area contributed by atoms with E-state index in [0.717, 1.165) is 24.2 Å². The van der Waals surface area contributed by atoms with Crippen molar-refractivity contribution in [2.75, 3.05) is 0 Å². The Morgan fingerprint density at radius 1 is 0.963 bits per heavy atom. The summed E-state index contributed by atoms with van der Waals surface area (Å²) < 4.78 is 0. The second-order valence-electron chi connectivity index (χ2n) is 11.8. The molecule has 0 heterocycles. The van der Waals surface area contributed by atoms with Crippen LogP contribution in [-0.4, -0.2) is 5.78 Å². The fraction of sp³-hybridized carbons (Fsp3) is 0.962. The minimum atomic E-state index is 0.351. The van der Waals surface area contributed by atoms with Gasteiger partial charge in [0, 0.05) is 11.8 Å². The topological polar surface area (TPSA) is 17.1 Å². The summed E-state index contributed by atoms with van der Waals surface area (Å²) in [5.74, 6) is 5.94. The van der Waals surface area contributed by atoms with Crippen LogP contribution in [0.1, 0.15) is 99.3 Å². The minimum absolute atomic E-state index is 0.351. The van der Waals surface area contributed by atoms with E-state index in [0.29, 0.717) is 46.2 Å². The number of rotatable bonds is 3. The lowest BCUT2D eigenvalue weighted by Gasteiger charge is -2.62. The van der Waals surface area contributed by atoms with Crippen molar-refractivity contribution >= 4 is 5.78 Å². The molecule has 2 unspecified atom stereocenters. The molecule has 4 fully saturated rings. The maximum atomic E-state index is 13.9. The molecule has 4 aliphatic rings. The third-order valence-corrected chi connectivity index (χ3v) is 10.8. The van der Waals surface area contributed by atoms with Gasteiger partial charge in [-0.1, -0.05) is 54.4 Å². The summed E-state index contributed by atoms with van der Waals surface area (Å²) in [5, 5.41) is 0. The van der Waals surface area contributed by atoms with E-state index in [-0.39, 0.29) is 0 Å². The molecule has 0 amide bonds. The van der Waals surface area contributed by atoms with Gasteiger partial charge in [0.05, 0.1) is 0 Å². The first kappa shape index (κ1) is 20.0. The van der Waals surface area contributed by atoms with Crippen LogP contribution in [-0.2, 0) is 4.79 Å². The Balaban J connectivity index is 1.70. The van der Waals surface area contributed by atoms with Gasteiger partial charge in [-0.15, -0.1) is 0 Å².